The maximum Gasteiger partial charge on any atom is 0.182 e. The zero-order chi connectivity index (χ0) is 14.8. The van der Waals surface area contributed by atoms with Crippen LogP contribution in [0.5, 0.6) is 0 Å². The van der Waals surface area contributed by atoms with E-state index in [1.165, 1.54) is 25.7 Å². The molecule has 2 N–H and O–H groups in total. The van der Waals surface area contributed by atoms with Crippen LogP contribution >= 0.6 is 0 Å². The number of tetrazole rings is 1. The first-order chi connectivity index (χ1) is 10.2. The molecule has 0 saturated heterocycles. The second kappa shape index (κ2) is 5.84. The second-order valence-electron chi connectivity index (χ2n) is 6.11. The van der Waals surface area contributed by atoms with E-state index in [0.29, 0.717) is 6.04 Å². The Labute approximate surface area is 125 Å². The Morgan fingerprint density at radius 3 is 2.95 bits per heavy atom. The molecular formula is C16H23N5. The summed E-state index contributed by atoms with van der Waals surface area (Å²) < 4.78 is 2.01. The summed E-state index contributed by atoms with van der Waals surface area (Å²) in [5, 5.41) is 12.4. The van der Waals surface area contributed by atoms with Gasteiger partial charge in [-0.1, -0.05) is 38.3 Å². The van der Waals surface area contributed by atoms with E-state index in [1.54, 1.807) is 0 Å². The Morgan fingerprint density at radius 2 is 2.19 bits per heavy atom. The van der Waals surface area contributed by atoms with E-state index in [9.17, 15) is 0 Å². The number of aryl methyl sites for hydroxylation is 1. The highest BCUT2D eigenvalue weighted by Gasteiger charge is 2.25. The summed E-state index contributed by atoms with van der Waals surface area (Å²) in [5.41, 5.74) is 8.90. The number of nitrogens with two attached hydrogens (primary N) is 1. The predicted octanol–water partition coefficient (Wildman–Crippen LogP) is 3.37. The number of anilines is 1. The fourth-order valence-electron chi connectivity index (χ4n) is 3.26. The maximum absolute atomic E-state index is 6.02. The Hall–Kier alpha value is -1.91. The molecule has 5 heteroatoms. The third-order valence-corrected chi connectivity index (χ3v) is 4.71. The van der Waals surface area contributed by atoms with E-state index < -0.39 is 0 Å². The molecule has 0 radical (unpaired) electrons. The molecule has 1 heterocycles. The molecule has 21 heavy (non-hydrogen) atoms. The number of benzene rings is 1. The Kier molecular flexibility index (Phi) is 3.90. The molecule has 1 aromatic carbocycles. The summed E-state index contributed by atoms with van der Waals surface area (Å²) >= 11 is 0. The fraction of sp³-hybridized carbons (Fsp3) is 0.562. The molecule has 2 aromatic rings. The topological polar surface area (TPSA) is 69.6 Å². The average molecular weight is 285 g/mol. The minimum atomic E-state index is 0.413. The molecule has 112 valence electrons. The zero-order valence-electron chi connectivity index (χ0n) is 12.8. The van der Waals surface area contributed by atoms with Gasteiger partial charge in [-0.3, -0.25) is 0 Å². The van der Waals surface area contributed by atoms with Crippen LogP contribution in [0.1, 0.15) is 50.6 Å². The number of nitrogens with zero attached hydrogens (tertiary/aromatic N) is 4. The molecule has 1 aliphatic carbocycles. The third-order valence-electron chi connectivity index (χ3n) is 4.71. The van der Waals surface area contributed by atoms with E-state index in [1.807, 2.05) is 29.8 Å². The standard InChI is InChI=1S/C16H23N5/c1-3-12-5-4-6-14(9-12)21-16(18-19-20-21)13-8-7-11(2)15(17)10-13/h7-8,10,12,14H,3-6,9,17H2,1-2H3. The first-order valence-corrected chi connectivity index (χ1v) is 7.83. The van der Waals surface area contributed by atoms with Gasteiger partial charge >= 0.3 is 0 Å². The SMILES string of the molecule is CCC1CCCC(n2nnnc2-c2ccc(C)c(N)c2)C1. The number of aromatic nitrogens is 4. The van der Waals surface area contributed by atoms with Crippen LogP contribution in [0.2, 0.25) is 0 Å². The first kappa shape index (κ1) is 14.0. The summed E-state index contributed by atoms with van der Waals surface area (Å²) in [6, 6.07) is 6.46. The van der Waals surface area contributed by atoms with Crippen LogP contribution in [0, 0.1) is 12.8 Å². The van der Waals surface area contributed by atoms with Gasteiger partial charge in [0.25, 0.3) is 0 Å². The van der Waals surface area contributed by atoms with Crippen molar-refractivity contribution >= 4 is 5.69 Å². The van der Waals surface area contributed by atoms with Crippen molar-refractivity contribution in [3.05, 3.63) is 23.8 Å². The molecular weight excluding hydrogens is 262 g/mol. The summed E-state index contributed by atoms with van der Waals surface area (Å²) in [6.07, 6.45) is 6.18. The van der Waals surface area contributed by atoms with Crippen molar-refractivity contribution in [3.8, 4) is 11.4 Å². The molecule has 3 rings (SSSR count). The monoisotopic (exact) mass is 285 g/mol. The summed E-state index contributed by atoms with van der Waals surface area (Å²) in [5.74, 6) is 1.63. The quantitative estimate of drug-likeness (QED) is 0.878. The molecule has 1 aromatic heterocycles. The van der Waals surface area contributed by atoms with Crippen molar-refractivity contribution in [2.75, 3.05) is 5.73 Å². The summed E-state index contributed by atoms with van der Waals surface area (Å²) in [7, 11) is 0. The largest absolute Gasteiger partial charge is 0.398 e. The van der Waals surface area contributed by atoms with E-state index in [0.717, 1.165) is 35.0 Å². The van der Waals surface area contributed by atoms with Crippen LogP contribution in [0.15, 0.2) is 18.2 Å². The van der Waals surface area contributed by atoms with Gasteiger partial charge in [0.05, 0.1) is 6.04 Å². The van der Waals surface area contributed by atoms with Crippen LogP contribution in [0.25, 0.3) is 11.4 Å². The smallest absolute Gasteiger partial charge is 0.182 e. The molecule has 1 fully saturated rings. The van der Waals surface area contributed by atoms with Crippen molar-refractivity contribution < 1.29 is 0 Å². The molecule has 1 saturated carbocycles. The Balaban J connectivity index is 1.91. The lowest BCUT2D eigenvalue weighted by Gasteiger charge is -2.28. The highest BCUT2D eigenvalue weighted by molar-refractivity contribution is 5.63. The van der Waals surface area contributed by atoms with Crippen molar-refractivity contribution in [3.63, 3.8) is 0 Å². The van der Waals surface area contributed by atoms with Gasteiger partial charge in [-0.05, 0) is 47.7 Å². The Bertz CT molecular complexity index is 619. The normalized spacial score (nSPS) is 22.4. The maximum atomic E-state index is 6.02. The number of hydrogen-bond acceptors (Lipinski definition) is 4. The van der Waals surface area contributed by atoms with Gasteiger partial charge in [-0.25, -0.2) is 4.68 Å². The lowest BCUT2D eigenvalue weighted by Crippen LogP contribution is -2.20. The molecule has 0 amide bonds. The van der Waals surface area contributed by atoms with Gasteiger partial charge < -0.3 is 5.73 Å². The lowest BCUT2D eigenvalue weighted by atomic mass is 9.84. The van der Waals surface area contributed by atoms with Gasteiger partial charge in [0.15, 0.2) is 5.82 Å². The molecule has 0 aliphatic heterocycles. The van der Waals surface area contributed by atoms with E-state index in [4.69, 9.17) is 5.73 Å². The molecule has 5 nitrogen and oxygen atoms in total. The van der Waals surface area contributed by atoms with Crippen LogP contribution in [-0.2, 0) is 0 Å². The van der Waals surface area contributed by atoms with Crippen LogP contribution in [-0.4, -0.2) is 20.2 Å². The van der Waals surface area contributed by atoms with Crippen molar-refractivity contribution in [2.45, 2.75) is 52.0 Å². The van der Waals surface area contributed by atoms with Gasteiger partial charge in [-0.15, -0.1) is 5.10 Å². The van der Waals surface area contributed by atoms with Gasteiger partial charge in [0.1, 0.15) is 0 Å². The molecule has 2 unspecified atom stereocenters. The second-order valence-corrected chi connectivity index (χ2v) is 6.11. The van der Waals surface area contributed by atoms with Crippen molar-refractivity contribution in [2.24, 2.45) is 5.92 Å². The van der Waals surface area contributed by atoms with Crippen LogP contribution in [0.3, 0.4) is 0 Å². The fourth-order valence-corrected chi connectivity index (χ4v) is 3.26. The number of hydrogen-bond donors (Lipinski definition) is 1. The number of rotatable bonds is 3. The van der Waals surface area contributed by atoms with Crippen LogP contribution in [0.4, 0.5) is 5.69 Å². The lowest BCUT2D eigenvalue weighted by molar-refractivity contribution is 0.246. The minimum absolute atomic E-state index is 0.413. The van der Waals surface area contributed by atoms with Gasteiger partial charge in [0.2, 0.25) is 0 Å². The molecule has 0 bridgehead atoms. The molecule has 0 spiro atoms. The minimum Gasteiger partial charge on any atom is -0.398 e. The third kappa shape index (κ3) is 2.77. The van der Waals surface area contributed by atoms with E-state index in [2.05, 4.69) is 22.4 Å². The van der Waals surface area contributed by atoms with E-state index in [-0.39, 0.29) is 0 Å². The van der Waals surface area contributed by atoms with Gasteiger partial charge in [-0.2, -0.15) is 0 Å². The van der Waals surface area contributed by atoms with Crippen LogP contribution < -0.4 is 5.73 Å². The first-order valence-electron chi connectivity index (χ1n) is 7.83. The average Bonchev–Trinajstić information content (AvgIpc) is 2.99. The summed E-state index contributed by atoms with van der Waals surface area (Å²) in [4.78, 5) is 0. The Morgan fingerprint density at radius 1 is 1.33 bits per heavy atom. The highest BCUT2D eigenvalue weighted by Crippen LogP contribution is 2.35. The van der Waals surface area contributed by atoms with Gasteiger partial charge in [0, 0.05) is 11.3 Å². The molecule has 1 aliphatic rings. The van der Waals surface area contributed by atoms with Crippen molar-refractivity contribution in [1.82, 2.24) is 20.2 Å². The molecule has 2 atom stereocenters. The van der Waals surface area contributed by atoms with E-state index >= 15 is 0 Å². The number of nitrogen functional groups attached to an aromatic ring is 1. The summed E-state index contributed by atoms with van der Waals surface area (Å²) in [6.45, 7) is 4.28. The zero-order valence-corrected chi connectivity index (χ0v) is 12.8. The predicted molar refractivity (Wildman–Crippen MR) is 83.7 cm³/mol. The van der Waals surface area contributed by atoms with Crippen molar-refractivity contribution in [1.29, 1.82) is 0 Å². The highest BCUT2D eigenvalue weighted by atomic mass is 15.5.